The van der Waals surface area contributed by atoms with Crippen LogP contribution in [-0.2, 0) is 17.4 Å². The average molecular weight is 460 g/mol. The molecule has 0 unspecified atom stereocenters. The van der Waals surface area contributed by atoms with E-state index in [0.717, 1.165) is 4.52 Å². The molecule has 4 rings (SSSR count). The summed E-state index contributed by atoms with van der Waals surface area (Å²) in [5.74, 6) is -0.654. The molecule has 1 amide bonds. The summed E-state index contributed by atoms with van der Waals surface area (Å²) in [6, 6.07) is 7.22. The molecular weight excluding hydrogens is 441 g/mol. The third-order valence-corrected chi connectivity index (χ3v) is 5.00. The second kappa shape index (κ2) is 8.48. The van der Waals surface area contributed by atoms with Gasteiger partial charge < -0.3 is 4.74 Å². The quantitative estimate of drug-likeness (QED) is 0.453. The molecule has 0 saturated carbocycles. The predicted molar refractivity (Wildman–Crippen MR) is 111 cm³/mol. The van der Waals surface area contributed by atoms with E-state index in [1.807, 2.05) is 12.1 Å². The second-order valence-electron chi connectivity index (χ2n) is 7.16. The van der Waals surface area contributed by atoms with Crippen molar-refractivity contribution in [3.05, 3.63) is 47.0 Å². The standard InChI is InChI=1S/C20H19F3N8O2/c1-10-12(11(2)31-19(24-10)27-17(30-31)20(21,22)23)8-9-15(32)25-18-26-16(28-29-18)13-6-4-5-7-14(13)33-3/h4-7H,8-9H2,1-3H3,(H2,25,26,28,29,32). The van der Waals surface area contributed by atoms with Crippen LogP contribution in [0.2, 0.25) is 0 Å². The molecule has 0 bridgehead atoms. The number of alkyl halides is 3. The number of anilines is 1. The normalized spacial score (nSPS) is 11.7. The van der Waals surface area contributed by atoms with E-state index in [-0.39, 0.29) is 30.5 Å². The Bertz CT molecular complexity index is 1330. The van der Waals surface area contributed by atoms with Gasteiger partial charge in [0, 0.05) is 17.8 Å². The van der Waals surface area contributed by atoms with Gasteiger partial charge >= 0.3 is 6.18 Å². The minimum Gasteiger partial charge on any atom is -0.496 e. The first-order valence-corrected chi connectivity index (χ1v) is 9.83. The number of carbonyl (C=O) groups excluding carboxylic acids is 1. The van der Waals surface area contributed by atoms with E-state index in [1.54, 1.807) is 26.0 Å². The van der Waals surface area contributed by atoms with Crippen LogP contribution in [0.5, 0.6) is 5.75 Å². The van der Waals surface area contributed by atoms with Crippen molar-refractivity contribution in [1.29, 1.82) is 0 Å². The lowest BCUT2D eigenvalue weighted by atomic mass is 10.1. The second-order valence-corrected chi connectivity index (χ2v) is 7.16. The number of carbonyl (C=O) groups is 1. The predicted octanol–water partition coefficient (Wildman–Crippen LogP) is 3.12. The molecule has 0 aliphatic heterocycles. The van der Waals surface area contributed by atoms with Crippen molar-refractivity contribution >= 4 is 17.6 Å². The molecule has 0 radical (unpaired) electrons. The lowest BCUT2D eigenvalue weighted by Gasteiger charge is -2.09. The zero-order valence-corrected chi connectivity index (χ0v) is 17.9. The number of halogens is 3. The zero-order valence-electron chi connectivity index (χ0n) is 17.9. The monoisotopic (exact) mass is 460 g/mol. The number of hydrogen-bond acceptors (Lipinski definition) is 7. The Labute approximate surface area is 185 Å². The van der Waals surface area contributed by atoms with E-state index in [1.165, 1.54) is 7.11 Å². The van der Waals surface area contributed by atoms with Gasteiger partial charge in [0.15, 0.2) is 5.82 Å². The average Bonchev–Trinajstić information content (AvgIpc) is 3.40. The molecule has 172 valence electrons. The topological polar surface area (TPSA) is 123 Å². The number of H-pyrrole nitrogens is 1. The lowest BCUT2D eigenvalue weighted by Crippen LogP contribution is -2.15. The molecule has 2 N–H and O–H groups in total. The van der Waals surface area contributed by atoms with Gasteiger partial charge in [0.05, 0.1) is 12.7 Å². The van der Waals surface area contributed by atoms with Crippen molar-refractivity contribution in [2.24, 2.45) is 0 Å². The Kier molecular flexibility index (Phi) is 5.70. The number of ether oxygens (including phenoxy) is 1. The molecule has 10 nitrogen and oxygen atoms in total. The zero-order chi connectivity index (χ0) is 23.8. The van der Waals surface area contributed by atoms with Gasteiger partial charge in [-0.3, -0.25) is 15.2 Å². The number of aromatic nitrogens is 7. The first kappa shape index (κ1) is 22.2. The van der Waals surface area contributed by atoms with E-state index in [4.69, 9.17) is 4.74 Å². The molecule has 0 atom stereocenters. The molecule has 0 saturated heterocycles. The number of hydrogen-bond donors (Lipinski definition) is 2. The summed E-state index contributed by atoms with van der Waals surface area (Å²) in [6.07, 6.45) is -4.40. The van der Waals surface area contributed by atoms with E-state index in [2.05, 4.69) is 35.6 Å². The molecule has 4 aromatic rings. The Morgan fingerprint density at radius 3 is 2.67 bits per heavy atom. The fourth-order valence-electron chi connectivity index (χ4n) is 3.39. The minimum atomic E-state index is -4.67. The summed E-state index contributed by atoms with van der Waals surface area (Å²) in [6.45, 7) is 3.26. The summed E-state index contributed by atoms with van der Waals surface area (Å²) in [4.78, 5) is 24.3. The number of methoxy groups -OCH3 is 1. The van der Waals surface area contributed by atoms with Gasteiger partial charge in [-0.2, -0.15) is 23.1 Å². The van der Waals surface area contributed by atoms with Crippen LogP contribution in [0.25, 0.3) is 17.2 Å². The highest BCUT2D eigenvalue weighted by Crippen LogP contribution is 2.28. The summed E-state index contributed by atoms with van der Waals surface area (Å²) >= 11 is 0. The van der Waals surface area contributed by atoms with Gasteiger partial charge in [-0.25, -0.2) is 9.50 Å². The highest BCUT2D eigenvalue weighted by molar-refractivity contribution is 5.89. The third-order valence-electron chi connectivity index (χ3n) is 5.00. The number of aryl methyl sites for hydroxylation is 2. The molecule has 13 heteroatoms. The number of fused-ring (bicyclic) bond motifs is 1. The number of para-hydroxylation sites is 1. The van der Waals surface area contributed by atoms with Crippen molar-refractivity contribution in [2.45, 2.75) is 32.9 Å². The SMILES string of the molecule is COc1ccccc1-c1nc(NC(=O)CCc2c(C)nc3nc(C(F)(F)F)nn3c2C)n[nH]1. The van der Waals surface area contributed by atoms with E-state index in [0.29, 0.717) is 34.1 Å². The van der Waals surface area contributed by atoms with E-state index in [9.17, 15) is 18.0 Å². The highest BCUT2D eigenvalue weighted by Gasteiger charge is 2.37. The summed E-state index contributed by atoms with van der Waals surface area (Å²) < 4.78 is 45.1. The van der Waals surface area contributed by atoms with Crippen LogP contribution in [0.1, 0.15) is 29.2 Å². The van der Waals surface area contributed by atoms with Gasteiger partial charge in [-0.05, 0) is 38.0 Å². The molecule has 0 spiro atoms. The van der Waals surface area contributed by atoms with Crippen LogP contribution in [-0.4, -0.2) is 47.8 Å². The highest BCUT2D eigenvalue weighted by atomic mass is 19.4. The van der Waals surface area contributed by atoms with Gasteiger partial charge in [-0.15, -0.1) is 10.2 Å². The first-order chi connectivity index (χ1) is 15.7. The molecule has 3 heterocycles. The van der Waals surface area contributed by atoms with Crippen LogP contribution in [0.15, 0.2) is 24.3 Å². The van der Waals surface area contributed by atoms with Crippen molar-refractivity contribution in [2.75, 3.05) is 12.4 Å². The molecule has 33 heavy (non-hydrogen) atoms. The lowest BCUT2D eigenvalue weighted by molar-refractivity contribution is -0.144. The Balaban J connectivity index is 1.47. The van der Waals surface area contributed by atoms with Crippen LogP contribution < -0.4 is 10.1 Å². The summed E-state index contributed by atoms with van der Waals surface area (Å²) in [5.41, 5.74) is 2.21. The molecule has 0 aliphatic rings. The fourth-order valence-corrected chi connectivity index (χ4v) is 3.39. The Morgan fingerprint density at radius 2 is 1.94 bits per heavy atom. The molecule has 3 aromatic heterocycles. The number of nitrogens with one attached hydrogen (secondary N) is 2. The number of benzene rings is 1. The number of nitrogens with zero attached hydrogens (tertiary/aromatic N) is 6. The van der Waals surface area contributed by atoms with E-state index >= 15 is 0 Å². The Hall–Kier alpha value is -4.03. The fraction of sp³-hybridized carbons (Fsp3) is 0.300. The summed E-state index contributed by atoms with van der Waals surface area (Å²) in [5, 5.41) is 12.9. The van der Waals surface area contributed by atoms with Crippen LogP contribution in [0.3, 0.4) is 0 Å². The van der Waals surface area contributed by atoms with Gasteiger partial charge in [0.25, 0.3) is 11.6 Å². The molecule has 0 fully saturated rings. The molecule has 1 aromatic carbocycles. The van der Waals surface area contributed by atoms with Crippen molar-refractivity contribution < 1.29 is 22.7 Å². The molecular formula is C20H19F3N8O2. The smallest absolute Gasteiger partial charge is 0.453 e. The van der Waals surface area contributed by atoms with Gasteiger partial charge in [0.1, 0.15) is 5.75 Å². The Morgan fingerprint density at radius 1 is 1.18 bits per heavy atom. The summed E-state index contributed by atoms with van der Waals surface area (Å²) in [7, 11) is 1.54. The third kappa shape index (κ3) is 4.47. The van der Waals surface area contributed by atoms with Crippen molar-refractivity contribution in [3.8, 4) is 17.1 Å². The van der Waals surface area contributed by atoms with Crippen LogP contribution in [0.4, 0.5) is 19.1 Å². The van der Waals surface area contributed by atoms with Crippen molar-refractivity contribution in [3.63, 3.8) is 0 Å². The maximum Gasteiger partial charge on any atom is 0.453 e. The van der Waals surface area contributed by atoms with Crippen LogP contribution in [0, 0.1) is 13.8 Å². The van der Waals surface area contributed by atoms with Gasteiger partial charge in [-0.1, -0.05) is 12.1 Å². The number of aromatic amines is 1. The first-order valence-electron chi connectivity index (χ1n) is 9.83. The number of amides is 1. The molecule has 0 aliphatic carbocycles. The van der Waals surface area contributed by atoms with E-state index < -0.39 is 12.0 Å². The largest absolute Gasteiger partial charge is 0.496 e. The minimum absolute atomic E-state index is 0.0359. The maximum absolute atomic E-state index is 12.9. The van der Waals surface area contributed by atoms with Crippen LogP contribution >= 0.6 is 0 Å². The van der Waals surface area contributed by atoms with Crippen molar-refractivity contribution in [1.82, 2.24) is 34.8 Å². The maximum atomic E-state index is 12.9. The van der Waals surface area contributed by atoms with Gasteiger partial charge in [0.2, 0.25) is 11.9 Å². The number of rotatable bonds is 6.